The van der Waals surface area contributed by atoms with Crippen LogP contribution in [0.4, 0.5) is 5.69 Å². The molecule has 1 heterocycles. The van der Waals surface area contributed by atoms with E-state index in [0.717, 1.165) is 28.5 Å². The van der Waals surface area contributed by atoms with E-state index in [9.17, 15) is 9.59 Å². The van der Waals surface area contributed by atoms with Crippen molar-refractivity contribution in [2.45, 2.75) is 45.2 Å². The molecule has 0 saturated heterocycles. The average molecular weight is 431 g/mol. The second kappa shape index (κ2) is 12.3. The molecule has 0 saturated carbocycles. The minimum atomic E-state index is -0.167. The Balaban J connectivity index is 1.88. The monoisotopic (exact) mass is 430 g/mol. The van der Waals surface area contributed by atoms with E-state index in [0.29, 0.717) is 43.9 Å². The van der Waals surface area contributed by atoms with Crippen molar-refractivity contribution in [3.8, 4) is 0 Å². The van der Waals surface area contributed by atoms with E-state index in [2.05, 4.69) is 20.6 Å². The molecule has 0 aliphatic rings. The van der Waals surface area contributed by atoms with Crippen molar-refractivity contribution in [2.24, 2.45) is 0 Å². The molecule has 7 nitrogen and oxygen atoms in total. The summed E-state index contributed by atoms with van der Waals surface area (Å²) >= 11 is 1.50. The molecule has 162 valence electrons. The lowest BCUT2D eigenvalue weighted by molar-refractivity contribution is -0.116. The van der Waals surface area contributed by atoms with Crippen molar-refractivity contribution in [3.63, 3.8) is 0 Å². The fourth-order valence-electron chi connectivity index (χ4n) is 2.98. The van der Waals surface area contributed by atoms with E-state index >= 15 is 0 Å². The summed E-state index contributed by atoms with van der Waals surface area (Å²) in [5, 5.41) is 6.47. The maximum absolute atomic E-state index is 12.4. The molecule has 2 aromatic rings. The molecule has 2 N–H and O–H groups in total. The largest absolute Gasteiger partial charge is 0.382 e. The van der Waals surface area contributed by atoms with Gasteiger partial charge in [-0.05, 0) is 63.6 Å². The molecule has 0 aliphatic heterocycles. The van der Waals surface area contributed by atoms with Crippen molar-refractivity contribution in [3.05, 3.63) is 46.8 Å². The normalized spacial score (nSPS) is 10.7. The number of rotatable bonds is 11. The Morgan fingerprint density at radius 1 is 1.17 bits per heavy atom. The summed E-state index contributed by atoms with van der Waals surface area (Å²) in [4.78, 5) is 33.6. The van der Waals surface area contributed by atoms with Crippen LogP contribution in [0.5, 0.6) is 0 Å². The van der Waals surface area contributed by atoms with Crippen LogP contribution in [0.25, 0.3) is 0 Å². The van der Waals surface area contributed by atoms with Crippen LogP contribution in [0.1, 0.15) is 47.1 Å². The first-order valence-corrected chi connectivity index (χ1v) is 11.3. The highest BCUT2D eigenvalue weighted by Crippen LogP contribution is 2.18. The van der Waals surface area contributed by atoms with Crippen LogP contribution >= 0.6 is 11.8 Å². The highest BCUT2D eigenvalue weighted by atomic mass is 32.2. The Kier molecular flexibility index (Phi) is 9.76. The summed E-state index contributed by atoms with van der Waals surface area (Å²) in [5.41, 5.74) is 3.93. The molecule has 0 fully saturated rings. The lowest BCUT2D eigenvalue weighted by Gasteiger charge is -2.11. The first-order valence-electron chi connectivity index (χ1n) is 10.1. The molecular formula is C22H30N4O3S. The smallest absolute Gasteiger partial charge is 0.251 e. The minimum absolute atomic E-state index is 0.114. The molecule has 0 radical (unpaired) electrons. The predicted molar refractivity (Wildman–Crippen MR) is 120 cm³/mol. The van der Waals surface area contributed by atoms with Gasteiger partial charge in [-0.2, -0.15) is 0 Å². The van der Waals surface area contributed by atoms with Gasteiger partial charge in [-0.25, -0.2) is 9.97 Å². The quantitative estimate of drug-likeness (QED) is 0.322. The number of carbonyl (C=O) groups is 2. The predicted octanol–water partition coefficient (Wildman–Crippen LogP) is 3.54. The van der Waals surface area contributed by atoms with Gasteiger partial charge in [-0.3, -0.25) is 9.59 Å². The van der Waals surface area contributed by atoms with Crippen LogP contribution < -0.4 is 10.6 Å². The zero-order valence-electron chi connectivity index (χ0n) is 18.1. The summed E-state index contributed by atoms with van der Waals surface area (Å²) in [6.07, 6.45) is 3.59. The molecule has 1 aromatic carbocycles. The molecule has 2 rings (SSSR count). The maximum atomic E-state index is 12.4. The van der Waals surface area contributed by atoms with E-state index in [4.69, 9.17) is 4.74 Å². The van der Waals surface area contributed by atoms with Crippen molar-refractivity contribution in [1.29, 1.82) is 0 Å². The number of hydrogen-bond donors (Lipinski definition) is 2. The van der Waals surface area contributed by atoms with Gasteiger partial charge in [0.2, 0.25) is 5.91 Å². The van der Waals surface area contributed by atoms with Gasteiger partial charge in [-0.1, -0.05) is 17.8 Å². The van der Waals surface area contributed by atoms with Gasteiger partial charge in [0.15, 0.2) is 5.16 Å². The number of aromatic nitrogens is 2. The zero-order valence-corrected chi connectivity index (χ0v) is 18.9. The molecule has 0 aliphatic carbocycles. The maximum Gasteiger partial charge on any atom is 0.251 e. The molecule has 2 amide bonds. The molecule has 1 aromatic heterocycles. The summed E-state index contributed by atoms with van der Waals surface area (Å²) < 4.78 is 5.26. The summed E-state index contributed by atoms with van der Waals surface area (Å²) in [6, 6.07) is 6.94. The van der Waals surface area contributed by atoms with Crippen molar-refractivity contribution in [1.82, 2.24) is 15.3 Å². The SMILES string of the molecule is CCOCCCNC(=O)c1cccc(NC(=O)CCc2c(C)nc(SC)nc2C)c1. The van der Waals surface area contributed by atoms with Gasteiger partial charge in [0, 0.05) is 48.8 Å². The Hall–Kier alpha value is -2.45. The van der Waals surface area contributed by atoms with Crippen molar-refractivity contribution < 1.29 is 14.3 Å². The first-order chi connectivity index (χ1) is 14.4. The highest BCUT2D eigenvalue weighted by molar-refractivity contribution is 7.98. The number of hydrogen-bond acceptors (Lipinski definition) is 6. The number of thioether (sulfide) groups is 1. The van der Waals surface area contributed by atoms with E-state index in [-0.39, 0.29) is 11.8 Å². The van der Waals surface area contributed by atoms with E-state index in [1.165, 1.54) is 11.8 Å². The third-order valence-electron chi connectivity index (χ3n) is 4.55. The third kappa shape index (κ3) is 7.42. The number of nitrogens with one attached hydrogen (secondary N) is 2. The summed E-state index contributed by atoms with van der Waals surface area (Å²) in [6.45, 7) is 7.67. The molecule has 0 atom stereocenters. The summed E-state index contributed by atoms with van der Waals surface area (Å²) in [5.74, 6) is -0.281. The number of amides is 2. The molecular weight excluding hydrogens is 400 g/mol. The van der Waals surface area contributed by atoms with E-state index < -0.39 is 0 Å². The van der Waals surface area contributed by atoms with Crippen LogP contribution in [0.3, 0.4) is 0 Å². The fourth-order valence-corrected chi connectivity index (χ4v) is 3.44. The number of nitrogens with zero attached hydrogens (tertiary/aromatic N) is 2. The fraction of sp³-hybridized carbons (Fsp3) is 0.455. The Morgan fingerprint density at radius 3 is 2.57 bits per heavy atom. The van der Waals surface area contributed by atoms with Crippen LogP contribution in [0.15, 0.2) is 29.4 Å². The van der Waals surface area contributed by atoms with Gasteiger partial charge in [0.25, 0.3) is 5.91 Å². The Bertz CT molecular complexity index is 850. The Morgan fingerprint density at radius 2 is 1.90 bits per heavy atom. The number of benzene rings is 1. The molecule has 8 heteroatoms. The first kappa shape index (κ1) is 23.8. The Labute approximate surface area is 182 Å². The van der Waals surface area contributed by atoms with E-state index in [1.807, 2.05) is 27.0 Å². The second-order valence-corrected chi connectivity index (χ2v) is 7.57. The van der Waals surface area contributed by atoms with Crippen molar-refractivity contribution >= 4 is 29.3 Å². The molecule has 0 spiro atoms. The molecule has 0 bridgehead atoms. The summed E-state index contributed by atoms with van der Waals surface area (Å²) in [7, 11) is 0. The van der Waals surface area contributed by atoms with Gasteiger partial charge in [0.05, 0.1) is 0 Å². The lowest BCUT2D eigenvalue weighted by atomic mass is 10.1. The number of carbonyl (C=O) groups excluding carboxylic acids is 2. The van der Waals surface area contributed by atoms with Gasteiger partial charge in [0.1, 0.15) is 0 Å². The average Bonchev–Trinajstić information content (AvgIpc) is 2.72. The molecule has 0 unspecified atom stereocenters. The third-order valence-corrected chi connectivity index (χ3v) is 5.10. The number of aryl methyl sites for hydroxylation is 2. The number of ether oxygens (including phenoxy) is 1. The topological polar surface area (TPSA) is 93.2 Å². The second-order valence-electron chi connectivity index (χ2n) is 6.80. The lowest BCUT2D eigenvalue weighted by Crippen LogP contribution is -2.25. The van der Waals surface area contributed by atoms with Crippen LogP contribution in [0, 0.1) is 13.8 Å². The van der Waals surface area contributed by atoms with Crippen molar-refractivity contribution in [2.75, 3.05) is 31.3 Å². The van der Waals surface area contributed by atoms with Gasteiger partial charge < -0.3 is 15.4 Å². The van der Waals surface area contributed by atoms with Crippen LogP contribution in [-0.4, -0.2) is 47.8 Å². The van der Waals surface area contributed by atoms with Crippen LogP contribution in [0.2, 0.25) is 0 Å². The van der Waals surface area contributed by atoms with Crippen LogP contribution in [-0.2, 0) is 16.0 Å². The molecule has 30 heavy (non-hydrogen) atoms. The standard InChI is InChI=1S/C22H30N4O3S/c1-5-29-13-7-12-23-21(28)17-8-6-9-18(14-17)26-20(27)11-10-19-15(2)24-22(30-4)25-16(19)3/h6,8-9,14H,5,7,10-13H2,1-4H3,(H,23,28)(H,26,27). The number of anilines is 1. The van der Waals surface area contributed by atoms with Gasteiger partial charge >= 0.3 is 0 Å². The highest BCUT2D eigenvalue weighted by Gasteiger charge is 2.12. The van der Waals surface area contributed by atoms with Gasteiger partial charge in [-0.15, -0.1) is 0 Å². The minimum Gasteiger partial charge on any atom is -0.382 e. The van der Waals surface area contributed by atoms with E-state index in [1.54, 1.807) is 24.3 Å². The zero-order chi connectivity index (χ0) is 21.9.